The highest BCUT2D eigenvalue weighted by Gasteiger charge is 2.32. The molecular formula is C16H15FO. The van der Waals surface area contributed by atoms with Crippen molar-refractivity contribution in [3.8, 4) is 0 Å². The summed E-state index contributed by atoms with van der Waals surface area (Å²) < 4.78 is 13.2. The van der Waals surface area contributed by atoms with Gasteiger partial charge in [-0.1, -0.05) is 36.4 Å². The summed E-state index contributed by atoms with van der Waals surface area (Å²) in [6.07, 6.45) is 0.354. The zero-order valence-corrected chi connectivity index (χ0v) is 10.2. The lowest BCUT2D eigenvalue weighted by Gasteiger charge is -2.34. The minimum atomic E-state index is -0.542. The summed E-state index contributed by atoms with van der Waals surface area (Å²) in [5.41, 5.74) is 3.90. The van der Waals surface area contributed by atoms with E-state index in [1.54, 1.807) is 19.1 Å². The minimum absolute atomic E-state index is 0.145. The highest BCUT2D eigenvalue weighted by molar-refractivity contribution is 5.42. The largest absolute Gasteiger partial charge is 0.388 e. The fourth-order valence-electron chi connectivity index (χ4n) is 2.66. The molecule has 0 saturated heterocycles. The number of benzene rings is 2. The summed E-state index contributed by atoms with van der Waals surface area (Å²) in [5, 5.41) is 10.4. The van der Waals surface area contributed by atoms with Crippen molar-refractivity contribution in [2.45, 2.75) is 25.4 Å². The van der Waals surface area contributed by atoms with Gasteiger partial charge in [0.2, 0.25) is 0 Å². The van der Waals surface area contributed by atoms with Crippen LogP contribution in [-0.4, -0.2) is 5.11 Å². The van der Waals surface area contributed by atoms with E-state index in [9.17, 15) is 9.50 Å². The van der Waals surface area contributed by atoms with Gasteiger partial charge in [-0.15, -0.1) is 0 Å². The monoisotopic (exact) mass is 242 g/mol. The number of aliphatic hydroxyl groups excluding tert-OH is 1. The van der Waals surface area contributed by atoms with E-state index in [2.05, 4.69) is 12.1 Å². The Morgan fingerprint density at radius 1 is 1.22 bits per heavy atom. The molecule has 2 aromatic rings. The van der Waals surface area contributed by atoms with Crippen molar-refractivity contribution < 1.29 is 9.50 Å². The van der Waals surface area contributed by atoms with Crippen LogP contribution >= 0.6 is 0 Å². The number of hydrogen-bond donors (Lipinski definition) is 1. The van der Waals surface area contributed by atoms with Gasteiger partial charge in [-0.2, -0.15) is 0 Å². The van der Waals surface area contributed by atoms with E-state index < -0.39 is 6.10 Å². The minimum Gasteiger partial charge on any atom is -0.388 e. The van der Waals surface area contributed by atoms with E-state index in [0.717, 1.165) is 12.0 Å². The number of aryl methyl sites for hydroxylation is 1. The Morgan fingerprint density at radius 3 is 2.72 bits per heavy atom. The first-order valence-electron chi connectivity index (χ1n) is 6.19. The summed E-state index contributed by atoms with van der Waals surface area (Å²) in [6.45, 7) is 1.72. The number of halogens is 1. The SMILES string of the molecule is Cc1cc(C(O)C2Cc3ccccc32)ccc1F. The molecule has 0 bridgehead atoms. The van der Waals surface area contributed by atoms with Crippen molar-refractivity contribution in [3.63, 3.8) is 0 Å². The molecule has 1 N–H and O–H groups in total. The molecule has 1 nitrogen and oxygen atoms in total. The van der Waals surface area contributed by atoms with Gasteiger partial charge in [-0.25, -0.2) is 4.39 Å². The predicted molar refractivity (Wildman–Crippen MR) is 69.0 cm³/mol. The normalized spacial score (nSPS) is 18.9. The Hall–Kier alpha value is -1.67. The Balaban J connectivity index is 1.88. The molecule has 2 heteroatoms. The van der Waals surface area contributed by atoms with Crippen molar-refractivity contribution in [3.05, 3.63) is 70.5 Å². The zero-order valence-electron chi connectivity index (χ0n) is 10.2. The molecule has 0 heterocycles. The second kappa shape index (κ2) is 4.21. The summed E-state index contributed by atoms with van der Waals surface area (Å²) in [5.74, 6) is -0.0778. The van der Waals surface area contributed by atoms with Gasteiger partial charge >= 0.3 is 0 Å². The molecule has 3 rings (SSSR count). The van der Waals surface area contributed by atoms with Gasteiger partial charge < -0.3 is 5.11 Å². The average molecular weight is 242 g/mol. The first kappa shape index (κ1) is 11.4. The zero-order chi connectivity index (χ0) is 12.7. The standard InChI is InChI=1S/C16H15FO/c1-10-8-12(6-7-15(10)17)16(18)14-9-11-4-2-3-5-13(11)14/h2-8,14,16,18H,9H2,1H3. The predicted octanol–water partition coefficient (Wildman–Crippen LogP) is 3.51. The molecule has 0 aliphatic heterocycles. The van der Waals surface area contributed by atoms with Crippen LogP contribution in [-0.2, 0) is 6.42 Å². The molecule has 2 aromatic carbocycles. The van der Waals surface area contributed by atoms with E-state index in [0.29, 0.717) is 5.56 Å². The van der Waals surface area contributed by atoms with Gasteiger partial charge in [0.1, 0.15) is 5.82 Å². The van der Waals surface area contributed by atoms with Gasteiger partial charge in [-0.05, 0) is 41.7 Å². The number of aliphatic hydroxyl groups is 1. The molecule has 1 aliphatic rings. The van der Waals surface area contributed by atoms with Crippen LogP contribution in [0.2, 0.25) is 0 Å². The van der Waals surface area contributed by atoms with Gasteiger partial charge in [0.05, 0.1) is 6.10 Å². The van der Waals surface area contributed by atoms with Crippen LogP contribution in [0.3, 0.4) is 0 Å². The molecule has 18 heavy (non-hydrogen) atoms. The van der Waals surface area contributed by atoms with Crippen LogP contribution in [0.4, 0.5) is 4.39 Å². The third-order valence-electron chi connectivity index (χ3n) is 3.80. The Morgan fingerprint density at radius 2 is 2.00 bits per heavy atom. The van der Waals surface area contributed by atoms with Gasteiger partial charge in [0.25, 0.3) is 0 Å². The van der Waals surface area contributed by atoms with Crippen molar-refractivity contribution in [2.24, 2.45) is 0 Å². The lowest BCUT2D eigenvalue weighted by molar-refractivity contribution is 0.134. The number of hydrogen-bond acceptors (Lipinski definition) is 1. The molecule has 2 unspecified atom stereocenters. The van der Waals surface area contributed by atoms with E-state index in [1.807, 2.05) is 12.1 Å². The van der Waals surface area contributed by atoms with Crippen molar-refractivity contribution in [2.75, 3.05) is 0 Å². The van der Waals surface area contributed by atoms with E-state index in [1.165, 1.54) is 17.2 Å². The van der Waals surface area contributed by atoms with Crippen LogP contribution in [0.5, 0.6) is 0 Å². The van der Waals surface area contributed by atoms with Crippen LogP contribution in [0.1, 0.15) is 34.3 Å². The smallest absolute Gasteiger partial charge is 0.126 e. The molecule has 0 aromatic heterocycles. The molecule has 0 radical (unpaired) electrons. The van der Waals surface area contributed by atoms with Crippen molar-refractivity contribution in [1.82, 2.24) is 0 Å². The lowest BCUT2D eigenvalue weighted by atomic mass is 9.73. The summed E-state index contributed by atoms with van der Waals surface area (Å²) in [6, 6.07) is 13.0. The molecular weight excluding hydrogens is 227 g/mol. The Bertz CT molecular complexity index is 591. The topological polar surface area (TPSA) is 20.2 Å². The number of fused-ring (bicyclic) bond motifs is 1. The molecule has 2 atom stereocenters. The molecule has 0 saturated carbocycles. The van der Waals surface area contributed by atoms with Crippen LogP contribution in [0.25, 0.3) is 0 Å². The lowest BCUT2D eigenvalue weighted by Crippen LogP contribution is -2.23. The van der Waals surface area contributed by atoms with E-state index >= 15 is 0 Å². The van der Waals surface area contributed by atoms with Gasteiger partial charge in [0, 0.05) is 5.92 Å². The molecule has 0 fully saturated rings. The maximum Gasteiger partial charge on any atom is 0.126 e. The molecule has 0 spiro atoms. The third kappa shape index (κ3) is 1.73. The van der Waals surface area contributed by atoms with Gasteiger partial charge in [-0.3, -0.25) is 0 Å². The van der Waals surface area contributed by atoms with Crippen LogP contribution < -0.4 is 0 Å². The average Bonchev–Trinajstić information content (AvgIpc) is 2.34. The highest BCUT2D eigenvalue weighted by Crippen LogP contribution is 2.43. The van der Waals surface area contributed by atoms with Crippen molar-refractivity contribution >= 4 is 0 Å². The molecule has 1 aliphatic carbocycles. The fraction of sp³-hybridized carbons (Fsp3) is 0.250. The first-order chi connectivity index (χ1) is 8.66. The second-order valence-corrected chi connectivity index (χ2v) is 4.96. The van der Waals surface area contributed by atoms with Gasteiger partial charge in [0.15, 0.2) is 0 Å². The highest BCUT2D eigenvalue weighted by atomic mass is 19.1. The number of rotatable bonds is 2. The quantitative estimate of drug-likeness (QED) is 0.854. The van der Waals surface area contributed by atoms with Crippen LogP contribution in [0.15, 0.2) is 42.5 Å². The molecule has 0 amide bonds. The van der Waals surface area contributed by atoms with Crippen molar-refractivity contribution in [1.29, 1.82) is 0 Å². The maximum atomic E-state index is 13.2. The third-order valence-corrected chi connectivity index (χ3v) is 3.80. The maximum absolute atomic E-state index is 13.2. The van der Waals surface area contributed by atoms with Crippen LogP contribution in [0, 0.1) is 12.7 Å². The van der Waals surface area contributed by atoms with E-state index in [4.69, 9.17) is 0 Å². The first-order valence-corrected chi connectivity index (χ1v) is 6.19. The summed E-state index contributed by atoms with van der Waals surface area (Å²) in [4.78, 5) is 0. The van der Waals surface area contributed by atoms with E-state index in [-0.39, 0.29) is 11.7 Å². The second-order valence-electron chi connectivity index (χ2n) is 4.96. The molecule has 92 valence electrons. The Kier molecular flexibility index (Phi) is 2.67. The Labute approximate surface area is 106 Å². The fourth-order valence-corrected chi connectivity index (χ4v) is 2.66. The summed E-state index contributed by atoms with van der Waals surface area (Å²) >= 11 is 0. The summed E-state index contributed by atoms with van der Waals surface area (Å²) in [7, 11) is 0.